The molecule has 0 aliphatic carbocycles. The average Bonchev–Trinajstić information content (AvgIpc) is 2.47. The lowest BCUT2D eigenvalue weighted by atomic mass is 10.0. The zero-order valence-corrected chi connectivity index (χ0v) is 13.8. The molecule has 116 valence electrons. The maximum atomic E-state index is 11.7. The number of benzene rings is 1. The lowest BCUT2D eigenvalue weighted by Gasteiger charge is -2.37. The van der Waals surface area contributed by atoms with Crippen LogP contribution in [0, 0.1) is 0 Å². The highest BCUT2D eigenvalue weighted by molar-refractivity contribution is 7.99. The Morgan fingerprint density at radius 2 is 2.05 bits per heavy atom. The van der Waals surface area contributed by atoms with Gasteiger partial charge in [0, 0.05) is 24.0 Å². The molecule has 0 radical (unpaired) electrons. The highest BCUT2D eigenvalue weighted by Gasteiger charge is 2.25. The Hall–Kier alpha value is -1.20. The summed E-state index contributed by atoms with van der Waals surface area (Å²) in [7, 11) is 4.23. The lowest BCUT2D eigenvalue weighted by Crippen LogP contribution is -2.42. The summed E-state index contributed by atoms with van der Waals surface area (Å²) in [5, 5.41) is 9.60. The topological polar surface area (TPSA) is 43.8 Å². The smallest absolute Gasteiger partial charge is 0.338 e. The van der Waals surface area contributed by atoms with Crippen molar-refractivity contribution in [3.63, 3.8) is 0 Å². The number of carboxylic acids is 1. The van der Waals surface area contributed by atoms with Crippen LogP contribution in [0.25, 0.3) is 0 Å². The molecular weight excluding hydrogens is 284 g/mol. The molecule has 0 saturated carbocycles. The van der Waals surface area contributed by atoms with Crippen molar-refractivity contribution in [1.82, 2.24) is 4.90 Å². The van der Waals surface area contributed by atoms with E-state index in [1.165, 1.54) is 0 Å². The average molecular weight is 308 g/mol. The molecule has 0 aromatic heterocycles. The highest BCUT2D eigenvalue weighted by atomic mass is 32.2. The molecule has 1 heterocycles. The minimum atomic E-state index is -0.823. The number of hydrogen-bond acceptors (Lipinski definition) is 4. The molecule has 1 aliphatic heterocycles. The Morgan fingerprint density at radius 3 is 2.57 bits per heavy atom. The fourth-order valence-electron chi connectivity index (χ4n) is 2.90. The van der Waals surface area contributed by atoms with Crippen LogP contribution in [-0.2, 0) is 0 Å². The first kappa shape index (κ1) is 16.2. The Kier molecular flexibility index (Phi) is 5.53. The number of hydrogen-bond donors (Lipinski definition) is 1. The van der Waals surface area contributed by atoms with E-state index >= 15 is 0 Å². The van der Waals surface area contributed by atoms with E-state index in [-0.39, 0.29) is 0 Å². The number of aromatic carboxylic acids is 1. The molecule has 1 aromatic carbocycles. The largest absolute Gasteiger partial charge is 0.478 e. The molecule has 0 spiro atoms. The van der Waals surface area contributed by atoms with Gasteiger partial charge in [0.25, 0.3) is 0 Å². The van der Waals surface area contributed by atoms with Gasteiger partial charge in [-0.1, -0.05) is 13.0 Å². The second-order valence-corrected chi connectivity index (χ2v) is 6.88. The van der Waals surface area contributed by atoms with Crippen LogP contribution in [0.2, 0.25) is 0 Å². The van der Waals surface area contributed by atoms with Crippen molar-refractivity contribution in [2.75, 3.05) is 37.8 Å². The van der Waals surface area contributed by atoms with Crippen molar-refractivity contribution in [3.8, 4) is 0 Å². The Bertz CT molecular complexity index is 497. The molecule has 2 rings (SSSR count). The summed E-state index contributed by atoms with van der Waals surface area (Å²) in [5.41, 5.74) is 1.34. The van der Waals surface area contributed by atoms with Crippen LogP contribution in [0.3, 0.4) is 0 Å². The maximum absolute atomic E-state index is 11.7. The Balaban J connectivity index is 2.24. The molecular formula is C16H24N2O2S. The van der Waals surface area contributed by atoms with Crippen molar-refractivity contribution >= 4 is 23.4 Å². The summed E-state index contributed by atoms with van der Waals surface area (Å²) in [5.74, 6) is 0.0585. The van der Waals surface area contributed by atoms with Gasteiger partial charge in [0.1, 0.15) is 0 Å². The summed E-state index contributed by atoms with van der Waals surface area (Å²) in [6.07, 6.45) is 2.16. The monoisotopic (exact) mass is 308 g/mol. The number of carbonyl (C=O) groups is 1. The second-order valence-electron chi connectivity index (χ2n) is 5.57. The van der Waals surface area contributed by atoms with Crippen LogP contribution in [0.15, 0.2) is 23.1 Å². The van der Waals surface area contributed by atoms with Gasteiger partial charge in [0.15, 0.2) is 0 Å². The zero-order chi connectivity index (χ0) is 15.4. The van der Waals surface area contributed by atoms with Gasteiger partial charge in [-0.15, -0.1) is 11.8 Å². The zero-order valence-electron chi connectivity index (χ0n) is 13.0. The first-order valence-corrected chi connectivity index (χ1v) is 8.43. The summed E-state index contributed by atoms with van der Waals surface area (Å²) < 4.78 is 0. The fraction of sp³-hybridized carbons (Fsp3) is 0.562. The molecule has 0 amide bonds. The molecule has 21 heavy (non-hydrogen) atoms. The van der Waals surface area contributed by atoms with Crippen LogP contribution >= 0.6 is 11.8 Å². The van der Waals surface area contributed by atoms with Crippen LogP contribution in [-0.4, -0.2) is 55.0 Å². The highest BCUT2D eigenvalue weighted by Crippen LogP contribution is 2.32. The molecule has 1 fully saturated rings. The van der Waals surface area contributed by atoms with E-state index in [4.69, 9.17) is 0 Å². The molecule has 1 aromatic rings. The standard InChI is InChI=1S/C16H24N2O2S/c1-4-21-14-7-5-6-13(15(14)16(19)20)18-10-8-12(9-11-18)17(2)3/h5-7,12H,4,8-11H2,1-3H3,(H,19,20). The van der Waals surface area contributed by atoms with E-state index < -0.39 is 5.97 Å². The van der Waals surface area contributed by atoms with Crippen molar-refractivity contribution in [1.29, 1.82) is 0 Å². The van der Waals surface area contributed by atoms with E-state index in [0.717, 1.165) is 42.3 Å². The van der Waals surface area contributed by atoms with Gasteiger partial charge in [0.2, 0.25) is 0 Å². The number of anilines is 1. The van der Waals surface area contributed by atoms with Crippen LogP contribution in [0.5, 0.6) is 0 Å². The molecule has 1 N–H and O–H groups in total. The minimum Gasteiger partial charge on any atom is -0.478 e. The van der Waals surface area contributed by atoms with E-state index in [9.17, 15) is 9.90 Å². The van der Waals surface area contributed by atoms with Gasteiger partial charge in [0.05, 0.1) is 11.3 Å². The van der Waals surface area contributed by atoms with E-state index in [1.54, 1.807) is 11.8 Å². The number of piperidine rings is 1. The van der Waals surface area contributed by atoms with E-state index in [0.29, 0.717) is 11.6 Å². The van der Waals surface area contributed by atoms with Crippen LogP contribution < -0.4 is 4.90 Å². The summed E-state index contributed by atoms with van der Waals surface area (Å²) in [6, 6.07) is 6.42. The molecule has 1 aliphatic rings. The van der Waals surface area contributed by atoms with Gasteiger partial charge >= 0.3 is 5.97 Å². The molecule has 5 heteroatoms. The number of carboxylic acid groups (broad SMARTS) is 1. The Labute approximate surface area is 131 Å². The van der Waals surface area contributed by atoms with Gasteiger partial charge in [-0.3, -0.25) is 0 Å². The second kappa shape index (κ2) is 7.18. The Morgan fingerprint density at radius 1 is 1.38 bits per heavy atom. The number of thioether (sulfide) groups is 1. The predicted octanol–water partition coefficient (Wildman–Crippen LogP) is 3.03. The van der Waals surface area contributed by atoms with Gasteiger partial charge in [-0.05, 0) is 44.8 Å². The third kappa shape index (κ3) is 3.71. The van der Waals surface area contributed by atoms with Crippen molar-refractivity contribution < 1.29 is 9.90 Å². The maximum Gasteiger partial charge on any atom is 0.338 e. The van der Waals surface area contributed by atoms with Crippen LogP contribution in [0.1, 0.15) is 30.1 Å². The van der Waals surface area contributed by atoms with E-state index in [1.807, 2.05) is 25.1 Å². The van der Waals surface area contributed by atoms with Gasteiger partial charge in [-0.2, -0.15) is 0 Å². The fourth-order valence-corrected chi connectivity index (χ4v) is 3.72. The first-order valence-electron chi connectivity index (χ1n) is 7.45. The van der Waals surface area contributed by atoms with E-state index in [2.05, 4.69) is 23.9 Å². The molecule has 0 unspecified atom stereocenters. The summed E-state index contributed by atoms with van der Waals surface area (Å²) >= 11 is 1.60. The number of rotatable bonds is 5. The van der Waals surface area contributed by atoms with Crippen molar-refractivity contribution in [2.24, 2.45) is 0 Å². The van der Waals surface area contributed by atoms with Gasteiger partial charge in [-0.25, -0.2) is 4.79 Å². The van der Waals surface area contributed by atoms with Crippen molar-refractivity contribution in [2.45, 2.75) is 30.7 Å². The molecule has 4 nitrogen and oxygen atoms in total. The third-order valence-electron chi connectivity index (χ3n) is 4.05. The SMILES string of the molecule is CCSc1cccc(N2CCC(N(C)C)CC2)c1C(=O)O. The van der Waals surface area contributed by atoms with Crippen LogP contribution in [0.4, 0.5) is 5.69 Å². The molecule has 0 bridgehead atoms. The summed E-state index contributed by atoms with van der Waals surface area (Å²) in [4.78, 5) is 17.0. The third-order valence-corrected chi connectivity index (χ3v) is 4.99. The molecule has 0 atom stereocenters. The number of nitrogens with zero attached hydrogens (tertiary/aromatic N) is 2. The normalized spacial score (nSPS) is 16.5. The van der Waals surface area contributed by atoms with Gasteiger partial charge < -0.3 is 14.9 Å². The first-order chi connectivity index (χ1) is 10.0. The predicted molar refractivity (Wildman–Crippen MR) is 88.7 cm³/mol. The van der Waals surface area contributed by atoms with Crippen molar-refractivity contribution in [3.05, 3.63) is 23.8 Å². The molecule has 1 saturated heterocycles. The minimum absolute atomic E-state index is 0.465. The lowest BCUT2D eigenvalue weighted by molar-refractivity contribution is 0.0693. The summed E-state index contributed by atoms with van der Waals surface area (Å²) in [6.45, 7) is 3.89. The quantitative estimate of drug-likeness (QED) is 0.847.